The van der Waals surface area contributed by atoms with Gasteiger partial charge in [0.2, 0.25) is 0 Å². The van der Waals surface area contributed by atoms with Crippen LogP contribution in [0.3, 0.4) is 0 Å². The molecule has 0 amide bonds. The Morgan fingerprint density at radius 3 is 2.38 bits per heavy atom. The van der Waals surface area contributed by atoms with E-state index in [-0.39, 0.29) is 6.04 Å². The van der Waals surface area contributed by atoms with Crippen molar-refractivity contribution >= 4 is 11.3 Å². The molecule has 0 bridgehead atoms. The summed E-state index contributed by atoms with van der Waals surface area (Å²) in [5.74, 6) is 1.53. The smallest absolute Gasteiger partial charge is 0.122 e. The summed E-state index contributed by atoms with van der Waals surface area (Å²) < 4.78 is 15.8. The SMILES string of the molecule is COCCNC(c1cc(OC)cc(OC)c1)c1nccs1. The van der Waals surface area contributed by atoms with E-state index in [0.717, 1.165) is 28.6 Å². The minimum absolute atomic E-state index is 0.0100. The molecule has 114 valence electrons. The molecule has 2 rings (SSSR count). The zero-order chi connectivity index (χ0) is 15.1. The van der Waals surface area contributed by atoms with E-state index < -0.39 is 0 Å². The number of benzene rings is 1. The molecule has 2 aromatic rings. The first kappa shape index (κ1) is 15.8. The molecule has 6 heteroatoms. The zero-order valence-corrected chi connectivity index (χ0v) is 13.3. The van der Waals surface area contributed by atoms with E-state index in [1.165, 1.54) is 0 Å². The van der Waals surface area contributed by atoms with Crippen LogP contribution in [0.2, 0.25) is 0 Å². The van der Waals surface area contributed by atoms with Crippen LogP contribution in [0.5, 0.6) is 11.5 Å². The van der Waals surface area contributed by atoms with Crippen LogP contribution in [-0.2, 0) is 4.74 Å². The van der Waals surface area contributed by atoms with Gasteiger partial charge < -0.3 is 19.5 Å². The van der Waals surface area contributed by atoms with Gasteiger partial charge >= 0.3 is 0 Å². The fraction of sp³-hybridized carbons (Fsp3) is 0.400. The predicted octanol–water partition coefficient (Wildman–Crippen LogP) is 2.49. The normalized spacial score (nSPS) is 12.1. The van der Waals surface area contributed by atoms with Crippen molar-refractivity contribution in [1.82, 2.24) is 10.3 Å². The van der Waals surface area contributed by atoms with Crippen molar-refractivity contribution in [3.05, 3.63) is 40.3 Å². The number of methoxy groups -OCH3 is 3. The molecule has 1 atom stereocenters. The third-order valence-corrected chi connectivity index (χ3v) is 3.90. The van der Waals surface area contributed by atoms with Crippen molar-refractivity contribution in [1.29, 1.82) is 0 Å². The number of nitrogens with one attached hydrogen (secondary N) is 1. The number of ether oxygens (including phenoxy) is 3. The highest BCUT2D eigenvalue weighted by Crippen LogP contribution is 2.30. The minimum Gasteiger partial charge on any atom is -0.497 e. The summed E-state index contributed by atoms with van der Waals surface area (Å²) >= 11 is 1.61. The average Bonchev–Trinajstić information content (AvgIpc) is 3.05. The van der Waals surface area contributed by atoms with Gasteiger partial charge in [0.05, 0.1) is 26.9 Å². The molecule has 5 nitrogen and oxygen atoms in total. The summed E-state index contributed by atoms with van der Waals surface area (Å²) in [5, 5.41) is 6.43. The fourth-order valence-corrected chi connectivity index (χ4v) is 2.76. The van der Waals surface area contributed by atoms with Crippen LogP contribution in [0.1, 0.15) is 16.6 Å². The Balaban J connectivity index is 2.31. The van der Waals surface area contributed by atoms with Crippen LogP contribution in [0.15, 0.2) is 29.8 Å². The van der Waals surface area contributed by atoms with Crippen molar-refractivity contribution in [2.75, 3.05) is 34.5 Å². The maximum absolute atomic E-state index is 5.34. The van der Waals surface area contributed by atoms with Crippen LogP contribution in [0, 0.1) is 0 Å². The summed E-state index contributed by atoms with van der Waals surface area (Å²) in [6.07, 6.45) is 1.81. The van der Waals surface area contributed by atoms with Gasteiger partial charge in [0.25, 0.3) is 0 Å². The van der Waals surface area contributed by atoms with Gasteiger partial charge in [-0.1, -0.05) is 0 Å². The summed E-state index contributed by atoms with van der Waals surface area (Å²) in [7, 11) is 4.99. The fourth-order valence-electron chi connectivity index (χ4n) is 2.03. The third-order valence-electron chi connectivity index (χ3n) is 3.06. The molecule has 1 aromatic carbocycles. The molecular formula is C15H20N2O3S. The Hall–Kier alpha value is -1.63. The molecule has 0 saturated heterocycles. The van der Waals surface area contributed by atoms with Gasteiger partial charge in [0.15, 0.2) is 0 Å². The molecule has 1 aromatic heterocycles. The lowest BCUT2D eigenvalue weighted by molar-refractivity contribution is 0.197. The quantitative estimate of drug-likeness (QED) is 0.759. The predicted molar refractivity (Wildman–Crippen MR) is 83.4 cm³/mol. The van der Waals surface area contributed by atoms with Gasteiger partial charge in [-0.25, -0.2) is 4.98 Å². The van der Waals surface area contributed by atoms with Crippen LogP contribution in [0.4, 0.5) is 0 Å². The molecule has 21 heavy (non-hydrogen) atoms. The summed E-state index contributed by atoms with van der Waals surface area (Å²) in [4.78, 5) is 4.42. The van der Waals surface area contributed by atoms with Crippen molar-refractivity contribution in [3.8, 4) is 11.5 Å². The molecule has 0 spiro atoms. The number of nitrogens with zero attached hydrogens (tertiary/aromatic N) is 1. The molecular weight excluding hydrogens is 288 g/mol. The van der Waals surface area contributed by atoms with Crippen molar-refractivity contribution in [2.45, 2.75) is 6.04 Å². The highest BCUT2D eigenvalue weighted by atomic mass is 32.1. The Morgan fingerprint density at radius 2 is 1.86 bits per heavy atom. The number of hydrogen-bond acceptors (Lipinski definition) is 6. The molecule has 0 radical (unpaired) electrons. The van der Waals surface area contributed by atoms with E-state index in [1.54, 1.807) is 32.7 Å². The van der Waals surface area contributed by atoms with Gasteiger partial charge in [0.1, 0.15) is 16.5 Å². The van der Waals surface area contributed by atoms with E-state index in [2.05, 4.69) is 10.3 Å². The minimum atomic E-state index is -0.0100. The van der Waals surface area contributed by atoms with Crippen molar-refractivity contribution in [3.63, 3.8) is 0 Å². The monoisotopic (exact) mass is 308 g/mol. The molecule has 0 aliphatic heterocycles. The average molecular weight is 308 g/mol. The van der Waals surface area contributed by atoms with E-state index in [9.17, 15) is 0 Å². The van der Waals surface area contributed by atoms with Crippen molar-refractivity contribution in [2.24, 2.45) is 0 Å². The highest BCUT2D eigenvalue weighted by Gasteiger charge is 2.18. The van der Waals surface area contributed by atoms with E-state index in [1.807, 2.05) is 29.8 Å². The van der Waals surface area contributed by atoms with Gasteiger partial charge in [-0.2, -0.15) is 0 Å². The van der Waals surface area contributed by atoms with Gasteiger partial charge in [-0.15, -0.1) is 11.3 Å². The van der Waals surface area contributed by atoms with Gasteiger partial charge in [0, 0.05) is 31.3 Å². The zero-order valence-electron chi connectivity index (χ0n) is 12.5. The Morgan fingerprint density at radius 1 is 1.14 bits per heavy atom. The van der Waals surface area contributed by atoms with Crippen LogP contribution >= 0.6 is 11.3 Å². The molecule has 1 unspecified atom stereocenters. The largest absolute Gasteiger partial charge is 0.497 e. The Kier molecular flexibility index (Phi) is 5.98. The summed E-state index contributed by atoms with van der Waals surface area (Å²) in [6, 6.07) is 5.84. The van der Waals surface area contributed by atoms with Gasteiger partial charge in [-0.3, -0.25) is 0 Å². The van der Waals surface area contributed by atoms with Gasteiger partial charge in [-0.05, 0) is 17.7 Å². The summed E-state index contributed by atoms with van der Waals surface area (Å²) in [6.45, 7) is 1.38. The topological polar surface area (TPSA) is 52.6 Å². The standard InChI is InChI=1S/C15H20N2O3S/c1-18-6-4-16-14(15-17-5-7-21-15)11-8-12(19-2)10-13(9-11)20-3/h5,7-10,14,16H,4,6H2,1-3H3. The lowest BCUT2D eigenvalue weighted by Crippen LogP contribution is -2.26. The summed E-state index contributed by atoms with van der Waals surface area (Å²) in [5.41, 5.74) is 1.05. The molecule has 0 fully saturated rings. The Bertz CT molecular complexity index is 524. The lowest BCUT2D eigenvalue weighted by Gasteiger charge is -2.18. The van der Waals surface area contributed by atoms with E-state index in [0.29, 0.717) is 6.61 Å². The second kappa shape index (κ2) is 7.97. The Labute approximate surface area is 128 Å². The molecule has 1 heterocycles. The van der Waals surface area contributed by atoms with E-state index in [4.69, 9.17) is 14.2 Å². The molecule has 0 saturated carbocycles. The number of hydrogen-bond donors (Lipinski definition) is 1. The number of rotatable bonds is 8. The van der Waals surface area contributed by atoms with Crippen LogP contribution in [0.25, 0.3) is 0 Å². The van der Waals surface area contributed by atoms with Crippen LogP contribution in [-0.4, -0.2) is 39.5 Å². The van der Waals surface area contributed by atoms with Crippen molar-refractivity contribution < 1.29 is 14.2 Å². The number of thiazole rings is 1. The third kappa shape index (κ3) is 4.17. The molecule has 1 N–H and O–H groups in total. The maximum Gasteiger partial charge on any atom is 0.122 e. The number of aromatic nitrogens is 1. The first-order valence-electron chi connectivity index (χ1n) is 6.63. The lowest BCUT2D eigenvalue weighted by atomic mass is 10.1. The second-order valence-electron chi connectivity index (χ2n) is 4.40. The molecule has 0 aliphatic carbocycles. The van der Waals surface area contributed by atoms with Crippen LogP contribution < -0.4 is 14.8 Å². The van der Waals surface area contributed by atoms with E-state index >= 15 is 0 Å². The molecule has 0 aliphatic rings. The highest BCUT2D eigenvalue weighted by molar-refractivity contribution is 7.09. The first-order valence-corrected chi connectivity index (χ1v) is 7.51. The maximum atomic E-state index is 5.34. The second-order valence-corrected chi connectivity index (χ2v) is 5.32. The first-order chi connectivity index (χ1) is 10.3.